The number of likely N-dealkylation sites (tertiary alicyclic amines) is 1. The fourth-order valence-corrected chi connectivity index (χ4v) is 2.25. The third-order valence-electron chi connectivity index (χ3n) is 3.07. The van der Waals surface area contributed by atoms with Gasteiger partial charge in [0, 0.05) is 17.1 Å². The Bertz CT molecular complexity index is 518. The molecule has 2 rings (SSSR count). The molecular formula is C14H15ClN2O2. The van der Waals surface area contributed by atoms with E-state index in [4.69, 9.17) is 17.3 Å². The summed E-state index contributed by atoms with van der Waals surface area (Å²) in [5, 5.41) is 10.2. The average Bonchev–Trinajstić information content (AvgIpc) is 2.73. The normalized spacial score (nSPS) is 22.8. The van der Waals surface area contributed by atoms with Crippen LogP contribution in [0.15, 0.2) is 24.3 Å². The van der Waals surface area contributed by atoms with Crippen LogP contribution >= 0.6 is 11.6 Å². The van der Waals surface area contributed by atoms with Crippen LogP contribution in [0, 0.1) is 11.8 Å². The maximum absolute atomic E-state index is 11.2. The number of β-amino-alcohol motifs (C(OH)–C–C–N with tert-alkyl or cyclic N) is 1. The second-order valence-electron chi connectivity index (χ2n) is 4.55. The summed E-state index contributed by atoms with van der Waals surface area (Å²) in [4.78, 5) is 13.0. The molecule has 0 radical (unpaired) electrons. The van der Waals surface area contributed by atoms with Gasteiger partial charge in [-0.3, -0.25) is 9.69 Å². The molecule has 1 fully saturated rings. The van der Waals surface area contributed by atoms with Gasteiger partial charge in [-0.1, -0.05) is 23.4 Å². The van der Waals surface area contributed by atoms with Gasteiger partial charge < -0.3 is 10.8 Å². The summed E-state index contributed by atoms with van der Waals surface area (Å²) in [6.07, 6.45) is -0.118. The maximum Gasteiger partial charge on any atom is 0.234 e. The molecule has 100 valence electrons. The molecule has 3 N–H and O–H groups in total. The Morgan fingerprint density at radius 2 is 2.16 bits per heavy atom. The highest BCUT2D eigenvalue weighted by Gasteiger charge is 2.33. The zero-order chi connectivity index (χ0) is 13.8. The largest absolute Gasteiger partial charge is 0.392 e. The minimum Gasteiger partial charge on any atom is -0.392 e. The van der Waals surface area contributed by atoms with E-state index in [1.165, 1.54) is 0 Å². The molecule has 0 saturated carbocycles. The van der Waals surface area contributed by atoms with Crippen LogP contribution in [0.5, 0.6) is 0 Å². The Hall–Kier alpha value is -1.54. The van der Waals surface area contributed by atoms with Crippen molar-refractivity contribution in [2.24, 2.45) is 5.73 Å². The van der Waals surface area contributed by atoms with E-state index in [1.807, 2.05) is 12.1 Å². The summed E-state index contributed by atoms with van der Waals surface area (Å²) < 4.78 is 0. The summed E-state index contributed by atoms with van der Waals surface area (Å²) in [6.45, 7) is 0.843. The maximum atomic E-state index is 11.2. The first kappa shape index (κ1) is 13.9. The Morgan fingerprint density at radius 1 is 1.47 bits per heavy atom. The lowest BCUT2D eigenvalue weighted by molar-refractivity contribution is -0.122. The first-order valence-electron chi connectivity index (χ1n) is 6.02. The quantitative estimate of drug-likeness (QED) is 0.779. The Kier molecular flexibility index (Phi) is 4.43. The second kappa shape index (κ2) is 6.07. The first-order valence-corrected chi connectivity index (χ1v) is 6.40. The van der Waals surface area contributed by atoms with Crippen molar-refractivity contribution in [1.29, 1.82) is 0 Å². The number of amides is 1. The molecule has 2 atom stereocenters. The lowest BCUT2D eigenvalue weighted by Crippen LogP contribution is -2.40. The second-order valence-corrected chi connectivity index (χ2v) is 4.98. The molecule has 5 heteroatoms. The molecule has 1 heterocycles. The fraction of sp³-hybridized carbons (Fsp3) is 0.357. The third kappa shape index (κ3) is 3.71. The Labute approximate surface area is 117 Å². The van der Waals surface area contributed by atoms with Crippen molar-refractivity contribution in [2.45, 2.75) is 18.6 Å². The molecule has 0 bridgehead atoms. The zero-order valence-electron chi connectivity index (χ0n) is 10.3. The molecule has 0 aliphatic carbocycles. The third-order valence-corrected chi connectivity index (χ3v) is 3.32. The monoisotopic (exact) mass is 278 g/mol. The number of nitrogens with two attached hydrogens (primary N) is 1. The van der Waals surface area contributed by atoms with E-state index in [1.54, 1.807) is 17.0 Å². The lowest BCUT2D eigenvalue weighted by atomic mass is 10.2. The molecule has 19 heavy (non-hydrogen) atoms. The number of aliphatic hydroxyl groups is 1. The summed E-state index contributed by atoms with van der Waals surface area (Å²) in [5.74, 6) is 5.56. The summed E-state index contributed by atoms with van der Waals surface area (Å²) >= 11 is 5.78. The predicted octanol–water partition coefficient (Wildman–Crippen LogP) is 0.612. The number of benzene rings is 1. The molecule has 1 amide bonds. The number of halogens is 1. The average molecular weight is 279 g/mol. The molecule has 0 spiro atoms. The zero-order valence-corrected chi connectivity index (χ0v) is 11.1. The standard InChI is InChI=1S/C14H15ClN2O2/c15-11-5-3-10(4-6-11)2-1-7-17-9-12(18)8-13(17)14(16)19/h3-6,12-13,18H,7-9H2,(H2,16,19)/t12-,13+/m1/s1. The van der Waals surface area contributed by atoms with Crippen molar-refractivity contribution < 1.29 is 9.90 Å². The van der Waals surface area contributed by atoms with E-state index < -0.39 is 18.1 Å². The van der Waals surface area contributed by atoms with Crippen LogP contribution in [0.4, 0.5) is 0 Å². The van der Waals surface area contributed by atoms with Gasteiger partial charge in [0.2, 0.25) is 5.91 Å². The summed E-state index contributed by atoms with van der Waals surface area (Å²) in [7, 11) is 0. The van der Waals surface area contributed by atoms with Crippen molar-refractivity contribution in [1.82, 2.24) is 4.90 Å². The van der Waals surface area contributed by atoms with Gasteiger partial charge in [0.1, 0.15) is 0 Å². The fourth-order valence-electron chi connectivity index (χ4n) is 2.13. The van der Waals surface area contributed by atoms with Gasteiger partial charge in [-0.25, -0.2) is 0 Å². The number of carbonyl (C=O) groups is 1. The van der Waals surface area contributed by atoms with Gasteiger partial charge in [0.05, 0.1) is 18.7 Å². The Morgan fingerprint density at radius 3 is 2.79 bits per heavy atom. The SMILES string of the molecule is NC(=O)[C@@H]1C[C@@H](O)CN1CC#Cc1ccc(Cl)cc1. The topological polar surface area (TPSA) is 66.6 Å². The van der Waals surface area contributed by atoms with Gasteiger partial charge in [-0.2, -0.15) is 0 Å². The van der Waals surface area contributed by atoms with Gasteiger partial charge in [-0.05, 0) is 30.7 Å². The van der Waals surface area contributed by atoms with E-state index >= 15 is 0 Å². The summed E-state index contributed by atoms with van der Waals surface area (Å²) in [5.41, 5.74) is 6.16. The number of aliphatic hydroxyl groups excluding tert-OH is 1. The van der Waals surface area contributed by atoms with Crippen LogP contribution in [0.25, 0.3) is 0 Å². The van der Waals surface area contributed by atoms with Gasteiger partial charge >= 0.3 is 0 Å². The predicted molar refractivity (Wildman–Crippen MR) is 73.5 cm³/mol. The number of hydrogen-bond acceptors (Lipinski definition) is 3. The molecular weight excluding hydrogens is 264 g/mol. The molecule has 1 aliphatic heterocycles. The van der Waals surface area contributed by atoms with Gasteiger partial charge in [0.25, 0.3) is 0 Å². The van der Waals surface area contributed by atoms with Crippen LogP contribution in [-0.4, -0.2) is 41.1 Å². The molecule has 1 aromatic rings. The molecule has 1 aromatic carbocycles. The highest BCUT2D eigenvalue weighted by Crippen LogP contribution is 2.16. The van der Waals surface area contributed by atoms with E-state index in [0.29, 0.717) is 24.5 Å². The van der Waals surface area contributed by atoms with Crippen LogP contribution < -0.4 is 5.73 Å². The van der Waals surface area contributed by atoms with Crippen molar-refractivity contribution in [2.75, 3.05) is 13.1 Å². The number of carbonyl (C=O) groups excluding carboxylic acids is 1. The first-order chi connectivity index (χ1) is 9.06. The van der Waals surface area contributed by atoms with E-state index in [2.05, 4.69) is 11.8 Å². The molecule has 0 aromatic heterocycles. The lowest BCUT2D eigenvalue weighted by Gasteiger charge is -2.17. The highest BCUT2D eigenvalue weighted by molar-refractivity contribution is 6.30. The van der Waals surface area contributed by atoms with Crippen LogP contribution in [-0.2, 0) is 4.79 Å². The molecule has 4 nitrogen and oxygen atoms in total. The molecule has 1 aliphatic rings. The number of hydrogen-bond donors (Lipinski definition) is 2. The van der Waals surface area contributed by atoms with Crippen molar-refractivity contribution in [3.8, 4) is 11.8 Å². The molecule has 1 saturated heterocycles. The minimum absolute atomic E-state index is 0.387. The van der Waals surface area contributed by atoms with Crippen molar-refractivity contribution in [3.63, 3.8) is 0 Å². The van der Waals surface area contributed by atoms with Crippen LogP contribution in [0.2, 0.25) is 5.02 Å². The smallest absolute Gasteiger partial charge is 0.234 e. The highest BCUT2D eigenvalue weighted by atomic mass is 35.5. The van der Waals surface area contributed by atoms with E-state index in [9.17, 15) is 9.90 Å². The van der Waals surface area contributed by atoms with E-state index in [-0.39, 0.29) is 0 Å². The van der Waals surface area contributed by atoms with E-state index in [0.717, 1.165) is 5.56 Å². The van der Waals surface area contributed by atoms with Crippen molar-refractivity contribution >= 4 is 17.5 Å². The summed E-state index contributed by atoms with van der Waals surface area (Å²) in [6, 6.07) is 6.79. The van der Waals surface area contributed by atoms with Gasteiger partial charge in [0.15, 0.2) is 0 Å². The molecule has 0 unspecified atom stereocenters. The number of rotatable bonds is 2. The minimum atomic E-state index is -0.505. The van der Waals surface area contributed by atoms with Gasteiger partial charge in [-0.15, -0.1) is 0 Å². The Balaban J connectivity index is 1.98. The number of nitrogens with zero attached hydrogens (tertiary/aromatic N) is 1. The number of primary amides is 1. The van der Waals surface area contributed by atoms with Crippen LogP contribution in [0.1, 0.15) is 12.0 Å². The van der Waals surface area contributed by atoms with Crippen molar-refractivity contribution in [3.05, 3.63) is 34.9 Å². The van der Waals surface area contributed by atoms with Crippen LogP contribution in [0.3, 0.4) is 0 Å².